The highest BCUT2D eigenvalue weighted by molar-refractivity contribution is 5.93. The van der Waals surface area contributed by atoms with E-state index >= 15 is 4.39 Å². The lowest BCUT2D eigenvalue weighted by molar-refractivity contribution is -0.155. The highest BCUT2D eigenvalue weighted by atomic mass is 19.4. The predicted octanol–water partition coefficient (Wildman–Crippen LogP) is 5.24. The molecule has 0 amide bonds. The van der Waals surface area contributed by atoms with Crippen molar-refractivity contribution >= 4 is 11.5 Å². The molecule has 2 unspecified atom stereocenters. The zero-order valence-electron chi connectivity index (χ0n) is 17.7. The van der Waals surface area contributed by atoms with E-state index in [4.69, 9.17) is 4.74 Å². The first kappa shape index (κ1) is 23.2. The fourth-order valence-electron chi connectivity index (χ4n) is 4.08. The van der Waals surface area contributed by atoms with Gasteiger partial charge in [0.1, 0.15) is 19.3 Å². The second-order valence-electron chi connectivity index (χ2n) is 7.54. The molecule has 9 heteroatoms. The third kappa shape index (κ3) is 3.63. The minimum absolute atomic E-state index is 0.0892. The van der Waals surface area contributed by atoms with Crippen LogP contribution in [0.15, 0.2) is 98.1 Å². The van der Waals surface area contributed by atoms with Crippen LogP contribution in [0, 0.1) is 0 Å². The molecule has 0 saturated carbocycles. The number of alkyl halides is 4. The highest BCUT2D eigenvalue weighted by Crippen LogP contribution is 2.54. The molecule has 0 radical (unpaired) electrons. The Bertz CT molecular complexity index is 1240. The summed E-state index contributed by atoms with van der Waals surface area (Å²) in [5.74, 6) is -3.66. The molecule has 0 bridgehead atoms. The predicted molar refractivity (Wildman–Crippen MR) is 117 cm³/mol. The summed E-state index contributed by atoms with van der Waals surface area (Å²) < 4.78 is 63.3. The number of hydrogen-bond donors (Lipinski definition) is 0. The van der Waals surface area contributed by atoms with Crippen molar-refractivity contribution in [1.82, 2.24) is 14.8 Å². The smallest absolute Gasteiger partial charge is 0.416 e. The Labute approximate surface area is 192 Å². The van der Waals surface area contributed by atoms with Crippen molar-refractivity contribution < 1.29 is 27.1 Å². The summed E-state index contributed by atoms with van der Waals surface area (Å²) in [5, 5.41) is 3.98. The van der Waals surface area contributed by atoms with E-state index in [0.717, 1.165) is 41.6 Å². The maximum atomic E-state index is 17.7. The van der Waals surface area contributed by atoms with E-state index in [1.165, 1.54) is 24.3 Å². The first-order valence-corrected chi connectivity index (χ1v) is 10.2. The third-order valence-electron chi connectivity index (χ3n) is 5.63. The quantitative estimate of drug-likeness (QED) is 0.282. The molecule has 1 aromatic heterocycles. The van der Waals surface area contributed by atoms with Gasteiger partial charge in [0, 0.05) is 5.57 Å². The van der Waals surface area contributed by atoms with Crippen molar-refractivity contribution in [3.8, 4) is 0 Å². The van der Waals surface area contributed by atoms with Crippen LogP contribution in [0.4, 0.5) is 17.6 Å². The maximum Gasteiger partial charge on any atom is 0.416 e. The topological polar surface area (TPSA) is 57.0 Å². The number of aromatic nitrogens is 3. The van der Waals surface area contributed by atoms with Gasteiger partial charge in [0.2, 0.25) is 0 Å². The molecular weight excluding hydrogens is 450 g/mol. The summed E-state index contributed by atoms with van der Waals surface area (Å²) in [4.78, 5) is 17.4. The van der Waals surface area contributed by atoms with Gasteiger partial charge in [-0.3, -0.25) is 4.79 Å². The Morgan fingerprint density at radius 2 is 1.82 bits per heavy atom. The summed E-state index contributed by atoms with van der Waals surface area (Å²) >= 11 is 0. The van der Waals surface area contributed by atoms with E-state index in [1.54, 1.807) is 30.3 Å². The molecular formula is C25H19F4N3O2. The lowest BCUT2D eigenvalue weighted by Gasteiger charge is -2.44. The largest absolute Gasteiger partial charge is 0.460 e. The molecule has 0 spiro atoms. The van der Waals surface area contributed by atoms with Gasteiger partial charge in [-0.25, -0.2) is 14.1 Å². The molecule has 34 heavy (non-hydrogen) atoms. The van der Waals surface area contributed by atoms with Crippen molar-refractivity contribution in [2.24, 2.45) is 0 Å². The molecule has 1 aliphatic rings. The monoisotopic (exact) mass is 469 g/mol. The van der Waals surface area contributed by atoms with Gasteiger partial charge in [-0.15, -0.1) is 0 Å². The van der Waals surface area contributed by atoms with E-state index in [2.05, 4.69) is 16.7 Å². The number of ether oxygens (including phenoxy) is 1. The van der Waals surface area contributed by atoms with Crippen molar-refractivity contribution in [3.63, 3.8) is 0 Å². The van der Waals surface area contributed by atoms with Crippen LogP contribution in [0.25, 0.3) is 5.57 Å². The first-order chi connectivity index (χ1) is 16.2. The van der Waals surface area contributed by atoms with Crippen LogP contribution in [0.5, 0.6) is 0 Å². The molecule has 2 aromatic carbocycles. The molecule has 0 aliphatic heterocycles. The van der Waals surface area contributed by atoms with Gasteiger partial charge >= 0.3 is 12.1 Å². The summed E-state index contributed by atoms with van der Waals surface area (Å²) in [5.41, 5.74) is -2.65. The number of hydrogen-bond acceptors (Lipinski definition) is 4. The number of benzene rings is 2. The fraction of sp³-hybridized carbons (Fsp3) is 0.160. The van der Waals surface area contributed by atoms with E-state index in [0.29, 0.717) is 0 Å². The molecule has 3 aromatic rings. The summed E-state index contributed by atoms with van der Waals surface area (Å²) in [7, 11) is 0. The van der Waals surface area contributed by atoms with E-state index in [9.17, 15) is 18.0 Å². The van der Waals surface area contributed by atoms with Crippen LogP contribution in [0.2, 0.25) is 0 Å². The van der Waals surface area contributed by atoms with Gasteiger partial charge < -0.3 is 4.74 Å². The Balaban J connectivity index is 1.98. The van der Waals surface area contributed by atoms with Crippen LogP contribution < -0.4 is 0 Å². The Hall–Kier alpha value is -4.01. The second-order valence-corrected chi connectivity index (χ2v) is 7.54. The molecule has 0 fully saturated rings. The number of carbonyl (C=O) groups excluding carboxylic acids is 1. The minimum Gasteiger partial charge on any atom is -0.460 e. The van der Waals surface area contributed by atoms with Gasteiger partial charge in [0.25, 0.3) is 5.79 Å². The van der Waals surface area contributed by atoms with Crippen LogP contribution in [-0.2, 0) is 26.9 Å². The standard InChI is InChI=1S/C25H19F4N3O2/c1-2-15-34-22(33)23(19-7-4-3-5-8-19)14-6-9-21(24(23,26)32-17-30-16-31-32)18-10-12-20(13-11-18)25(27,28)29/h2-14,16-17H,1,15H2. The molecule has 1 aliphatic carbocycles. The number of rotatable bonds is 6. The molecule has 174 valence electrons. The fourth-order valence-corrected chi connectivity index (χ4v) is 4.08. The van der Waals surface area contributed by atoms with Crippen molar-refractivity contribution in [1.29, 1.82) is 0 Å². The van der Waals surface area contributed by atoms with Crippen LogP contribution >= 0.6 is 0 Å². The Morgan fingerprint density at radius 1 is 1.12 bits per heavy atom. The lowest BCUT2D eigenvalue weighted by Crippen LogP contribution is -2.56. The average Bonchev–Trinajstić information content (AvgIpc) is 3.38. The summed E-state index contributed by atoms with van der Waals surface area (Å²) in [6.07, 6.45) is 3.25. The minimum atomic E-state index is -4.56. The number of carbonyl (C=O) groups is 1. The molecule has 4 rings (SSSR count). The van der Waals surface area contributed by atoms with E-state index in [-0.39, 0.29) is 23.3 Å². The second kappa shape index (κ2) is 8.74. The van der Waals surface area contributed by atoms with Crippen LogP contribution in [0.1, 0.15) is 16.7 Å². The zero-order chi connectivity index (χ0) is 24.4. The van der Waals surface area contributed by atoms with Crippen molar-refractivity contribution in [2.45, 2.75) is 17.4 Å². The van der Waals surface area contributed by atoms with Gasteiger partial charge in [0.15, 0.2) is 5.41 Å². The molecule has 0 saturated heterocycles. The number of allylic oxidation sites excluding steroid dienone is 3. The van der Waals surface area contributed by atoms with E-state index in [1.807, 2.05) is 0 Å². The Morgan fingerprint density at radius 3 is 2.41 bits per heavy atom. The van der Waals surface area contributed by atoms with Gasteiger partial charge in [0.05, 0.1) is 5.56 Å². The number of nitrogens with zero attached hydrogens (tertiary/aromatic N) is 3. The maximum absolute atomic E-state index is 17.7. The molecule has 2 atom stereocenters. The molecule has 5 nitrogen and oxygen atoms in total. The summed E-state index contributed by atoms with van der Waals surface area (Å²) in [6.45, 7) is 3.36. The number of halogens is 4. The van der Waals surface area contributed by atoms with Gasteiger partial charge in [-0.2, -0.15) is 18.3 Å². The van der Waals surface area contributed by atoms with Crippen LogP contribution in [-0.4, -0.2) is 27.3 Å². The zero-order valence-corrected chi connectivity index (χ0v) is 17.7. The first-order valence-electron chi connectivity index (χ1n) is 10.2. The lowest BCUT2D eigenvalue weighted by atomic mass is 9.66. The average molecular weight is 469 g/mol. The van der Waals surface area contributed by atoms with Crippen molar-refractivity contribution in [3.05, 3.63) is 115 Å². The molecule has 0 N–H and O–H groups in total. The van der Waals surface area contributed by atoms with E-state index < -0.39 is 28.9 Å². The third-order valence-corrected chi connectivity index (χ3v) is 5.63. The Kier molecular flexibility index (Phi) is 5.95. The normalized spacial score (nSPS) is 22.2. The highest BCUT2D eigenvalue weighted by Gasteiger charge is 2.63. The van der Waals surface area contributed by atoms with Crippen LogP contribution in [0.3, 0.4) is 0 Å². The SMILES string of the molecule is C=CCOC(=O)C1(c2ccccc2)C=CC=C(c2ccc(C(F)(F)F)cc2)C1(F)n1cncn1. The van der Waals surface area contributed by atoms with Gasteiger partial charge in [-0.1, -0.05) is 73.3 Å². The summed E-state index contributed by atoms with van der Waals surface area (Å²) in [6, 6.07) is 12.2. The molecule has 1 heterocycles. The number of esters is 1. The van der Waals surface area contributed by atoms with Gasteiger partial charge in [-0.05, 0) is 23.3 Å². The van der Waals surface area contributed by atoms with Crippen molar-refractivity contribution in [2.75, 3.05) is 6.61 Å².